The van der Waals surface area contributed by atoms with E-state index in [1.54, 1.807) is 6.92 Å². The first-order valence-corrected chi connectivity index (χ1v) is 6.73. The zero-order valence-electron chi connectivity index (χ0n) is 12.4. The zero-order valence-corrected chi connectivity index (χ0v) is 12.4. The second-order valence-corrected chi connectivity index (χ2v) is 4.28. The number of hydrogen-bond donors (Lipinski definition) is 1. The molecule has 0 aliphatic heterocycles. The summed E-state index contributed by atoms with van der Waals surface area (Å²) in [4.78, 5) is 23.5. The van der Waals surface area contributed by atoms with Crippen molar-refractivity contribution >= 4 is 11.9 Å². The van der Waals surface area contributed by atoms with Crippen LogP contribution >= 0.6 is 0 Å². The number of aliphatic hydroxyl groups is 1. The second kappa shape index (κ2) is 8.39. The van der Waals surface area contributed by atoms with E-state index in [9.17, 15) is 14.7 Å². The van der Waals surface area contributed by atoms with E-state index in [4.69, 9.17) is 9.47 Å². The first-order chi connectivity index (χ1) is 10.0. The molecule has 116 valence electrons. The Bertz CT molecular complexity index is 497. The van der Waals surface area contributed by atoms with Crippen LogP contribution in [0.25, 0.3) is 0 Å². The highest BCUT2D eigenvalue weighted by molar-refractivity contribution is 5.95. The molecule has 0 aromatic heterocycles. The number of esters is 2. The quantitative estimate of drug-likeness (QED) is 0.612. The van der Waals surface area contributed by atoms with Crippen molar-refractivity contribution in [1.82, 2.24) is 0 Å². The molecule has 1 aromatic carbocycles. The van der Waals surface area contributed by atoms with Crippen LogP contribution in [0.4, 0.5) is 0 Å². The van der Waals surface area contributed by atoms with Crippen LogP contribution in [0.15, 0.2) is 18.2 Å². The summed E-state index contributed by atoms with van der Waals surface area (Å²) in [6, 6.07) is 4.22. The molecule has 0 aliphatic rings. The highest BCUT2D eigenvalue weighted by Crippen LogP contribution is 2.20. The maximum Gasteiger partial charge on any atom is 0.338 e. The molecule has 1 atom stereocenters. The lowest BCUT2D eigenvalue weighted by atomic mass is 10.1. The van der Waals surface area contributed by atoms with E-state index in [2.05, 4.69) is 4.74 Å². The van der Waals surface area contributed by atoms with Gasteiger partial charge < -0.3 is 19.3 Å². The number of hydrogen-bond acceptors (Lipinski definition) is 6. The van der Waals surface area contributed by atoms with Crippen molar-refractivity contribution in [3.8, 4) is 0 Å². The monoisotopic (exact) mass is 296 g/mol. The van der Waals surface area contributed by atoms with Gasteiger partial charge in [0.1, 0.15) is 0 Å². The van der Waals surface area contributed by atoms with Crippen LogP contribution in [0.5, 0.6) is 0 Å². The van der Waals surface area contributed by atoms with Crippen LogP contribution in [-0.4, -0.2) is 37.4 Å². The van der Waals surface area contributed by atoms with E-state index in [0.717, 1.165) is 0 Å². The molecule has 0 saturated heterocycles. The lowest BCUT2D eigenvalue weighted by Gasteiger charge is -2.13. The average Bonchev–Trinajstić information content (AvgIpc) is 2.51. The van der Waals surface area contributed by atoms with Crippen molar-refractivity contribution in [3.63, 3.8) is 0 Å². The van der Waals surface area contributed by atoms with E-state index in [0.29, 0.717) is 18.6 Å². The number of aliphatic hydroxyl groups excluding tert-OH is 1. The van der Waals surface area contributed by atoms with E-state index < -0.39 is 18.2 Å². The summed E-state index contributed by atoms with van der Waals surface area (Å²) < 4.78 is 14.7. The van der Waals surface area contributed by atoms with Gasteiger partial charge in [0.15, 0.2) is 6.29 Å². The van der Waals surface area contributed by atoms with Gasteiger partial charge in [0.25, 0.3) is 0 Å². The second-order valence-electron chi connectivity index (χ2n) is 4.28. The highest BCUT2D eigenvalue weighted by Gasteiger charge is 2.17. The number of rotatable bonds is 7. The van der Waals surface area contributed by atoms with Gasteiger partial charge in [-0.25, -0.2) is 9.59 Å². The molecular weight excluding hydrogens is 276 g/mol. The molecule has 1 N–H and O–H groups in total. The van der Waals surface area contributed by atoms with Crippen LogP contribution in [-0.2, 0) is 14.2 Å². The third-order valence-corrected chi connectivity index (χ3v) is 2.66. The molecule has 1 rings (SSSR count). The average molecular weight is 296 g/mol. The molecule has 0 bridgehead atoms. The zero-order chi connectivity index (χ0) is 15.8. The van der Waals surface area contributed by atoms with Gasteiger partial charge in [0.2, 0.25) is 0 Å². The lowest BCUT2D eigenvalue weighted by Crippen LogP contribution is -2.12. The molecule has 21 heavy (non-hydrogen) atoms. The third kappa shape index (κ3) is 4.84. The minimum atomic E-state index is -1.22. The van der Waals surface area contributed by atoms with Crippen LogP contribution in [0.3, 0.4) is 0 Å². The molecule has 0 fully saturated rings. The minimum Gasteiger partial charge on any atom is -0.465 e. The molecular formula is C15H20O6. The summed E-state index contributed by atoms with van der Waals surface area (Å²) in [7, 11) is 1.24. The lowest BCUT2D eigenvalue weighted by molar-refractivity contribution is -0.0980. The molecule has 0 heterocycles. The molecule has 0 spiro atoms. The molecule has 6 heteroatoms. The molecule has 1 aromatic rings. The van der Waals surface area contributed by atoms with Gasteiger partial charge in [0, 0.05) is 12.2 Å². The fourth-order valence-corrected chi connectivity index (χ4v) is 1.68. The van der Waals surface area contributed by atoms with Gasteiger partial charge in [0.05, 0.1) is 24.8 Å². The number of ether oxygens (including phenoxy) is 3. The number of carbonyl (C=O) groups excluding carboxylic acids is 2. The van der Waals surface area contributed by atoms with Crippen molar-refractivity contribution < 1.29 is 28.9 Å². The van der Waals surface area contributed by atoms with Crippen molar-refractivity contribution in [3.05, 3.63) is 34.9 Å². The van der Waals surface area contributed by atoms with Gasteiger partial charge in [-0.3, -0.25) is 0 Å². The third-order valence-electron chi connectivity index (χ3n) is 2.66. The van der Waals surface area contributed by atoms with Crippen LogP contribution < -0.4 is 0 Å². The summed E-state index contributed by atoms with van der Waals surface area (Å²) in [6.45, 7) is 4.18. The van der Waals surface area contributed by atoms with E-state index in [1.807, 2.05) is 6.92 Å². The van der Waals surface area contributed by atoms with Crippen LogP contribution in [0, 0.1) is 0 Å². The maximum absolute atomic E-state index is 11.9. The Hall–Kier alpha value is -1.92. The van der Waals surface area contributed by atoms with E-state index in [-0.39, 0.29) is 17.7 Å². The van der Waals surface area contributed by atoms with E-state index >= 15 is 0 Å². The Morgan fingerprint density at radius 2 is 1.76 bits per heavy atom. The summed E-state index contributed by atoms with van der Waals surface area (Å²) in [6.07, 6.45) is -0.533. The van der Waals surface area contributed by atoms with Crippen LogP contribution in [0.2, 0.25) is 0 Å². The van der Waals surface area contributed by atoms with Gasteiger partial charge in [-0.15, -0.1) is 0 Å². The summed E-state index contributed by atoms with van der Waals surface area (Å²) in [5.41, 5.74) is 0.612. The Morgan fingerprint density at radius 1 is 1.14 bits per heavy atom. The Labute approximate surface area is 123 Å². The molecule has 0 radical (unpaired) electrons. The Kier molecular flexibility index (Phi) is 6.84. The molecule has 0 aliphatic carbocycles. The number of methoxy groups -OCH3 is 1. The maximum atomic E-state index is 11.9. The van der Waals surface area contributed by atoms with Crippen molar-refractivity contribution in [2.75, 3.05) is 20.3 Å². The van der Waals surface area contributed by atoms with Gasteiger partial charge >= 0.3 is 11.9 Å². The van der Waals surface area contributed by atoms with E-state index in [1.165, 1.54) is 25.3 Å². The predicted molar refractivity (Wildman–Crippen MR) is 74.9 cm³/mol. The smallest absolute Gasteiger partial charge is 0.338 e. The predicted octanol–water partition coefficient (Wildman–Crippen LogP) is 2.07. The van der Waals surface area contributed by atoms with Gasteiger partial charge in [-0.05, 0) is 31.5 Å². The standard InChI is InChI=1S/C15H20O6/c1-4-6-21-15(18)12-8-10(13(16)19-3)7-11(9-12)14(17)20-5-2/h7-9,14,17H,4-6H2,1-3H3. The molecule has 0 amide bonds. The first-order valence-electron chi connectivity index (χ1n) is 6.73. The van der Waals surface area contributed by atoms with Crippen molar-refractivity contribution in [2.45, 2.75) is 26.6 Å². The fourth-order valence-electron chi connectivity index (χ4n) is 1.68. The normalized spacial score (nSPS) is 11.8. The first kappa shape index (κ1) is 17.1. The minimum absolute atomic E-state index is 0.150. The number of carbonyl (C=O) groups is 2. The Morgan fingerprint density at radius 3 is 2.29 bits per heavy atom. The molecule has 1 unspecified atom stereocenters. The highest BCUT2D eigenvalue weighted by atomic mass is 16.6. The topological polar surface area (TPSA) is 82.1 Å². The molecule has 6 nitrogen and oxygen atoms in total. The van der Waals surface area contributed by atoms with Crippen LogP contribution in [0.1, 0.15) is 52.8 Å². The number of benzene rings is 1. The summed E-state index contributed by atoms with van der Waals surface area (Å²) >= 11 is 0. The summed E-state index contributed by atoms with van der Waals surface area (Å²) in [5, 5.41) is 9.86. The van der Waals surface area contributed by atoms with Crippen molar-refractivity contribution in [1.29, 1.82) is 0 Å². The van der Waals surface area contributed by atoms with Gasteiger partial charge in [-0.2, -0.15) is 0 Å². The van der Waals surface area contributed by atoms with Crippen molar-refractivity contribution in [2.24, 2.45) is 0 Å². The molecule has 0 saturated carbocycles. The SMILES string of the molecule is CCCOC(=O)c1cc(C(=O)OC)cc(C(O)OCC)c1. The fraction of sp³-hybridized carbons (Fsp3) is 0.467. The largest absolute Gasteiger partial charge is 0.465 e. The van der Waals surface area contributed by atoms with Gasteiger partial charge in [-0.1, -0.05) is 6.92 Å². The Balaban J connectivity index is 3.14. The summed E-state index contributed by atoms with van der Waals surface area (Å²) in [5.74, 6) is -1.17.